The molecule has 1 atom stereocenters. The fourth-order valence-corrected chi connectivity index (χ4v) is 1.000. The molecule has 0 fully saturated rings. The summed E-state index contributed by atoms with van der Waals surface area (Å²) in [5, 5.41) is 8.91. The lowest BCUT2D eigenvalue weighted by Crippen LogP contribution is -2.42. The maximum atomic E-state index is 12.6. The number of rotatable bonds is 2. The standard InChI is InChI=1S/C9H7F5O/c10-8(11,9(12,13)14)7(15)6-4-2-1-3-5-6/h1-5,7,15H/t7-/m1/s1. The monoisotopic (exact) mass is 226 g/mol. The number of benzene rings is 1. The van der Waals surface area contributed by atoms with E-state index in [4.69, 9.17) is 5.11 Å². The zero-order valence-electron chi connectivity index (χ0n) is 7.30. The predicted octanol–water partition coefficient (Wildman–Crippen LogP) is 2.92. The van der Waals surface area contributed by atoms with Crippen molar-refractivity contribution in [3.05, 3.63) is 35.9 Å². The van der Waals surface area contributed by atoms with Gasteiger partial charge in [-0.1, -0.05) is 30.3 Å². The van der Waals surface area contributed by atoms with Crippen LogP contribution in [0.1, 0.15) is 11.7 Å². The van der Waals surface area contributed by atoms with Crippen molar-refractivity contribution in [2.75, 3.05) is 0 Å². The maximum Gasteiger partial charge on any atom is 0.456 e. The molecule has 0 spiro atoms. The average Bonchev–Trinajstić information content (AvgIpc) is 2.16. The molecule has 0 heterocycles. The van der Waals surface area contributed by atoms with E-state index >= 15 is 0 Å². The SMILES string of the molecule is O[C@H](c1ccccc1)C(F)(F)C(F)(F)F. The van der Waals surface area contributed by atoms with Gasteiger partial charge in [-0.05, 0) is 5.56 Å². The van der Waals surface area contributed by atoms with Gasteiger partial charge < -0.3 is 5.11 Å². The minimum Gasteiger partial charge on any atom is -0.382 e. The molecule has 0 aliphatic carbocycles. The summed E-state index contributed by atoms with van der Waals surface area (Å²) in [7, 11) is 0. The van der Waals surface area contributed by atoms with Crippen LogP contribution < -0.4 is 0 Å². The van der Waals surface area contributed by atoms with Crippen LogP contribution in [0.5, 0.6) is 0 Å². The zero-order valence-corrected chi connectivity index (χ0v) is 7.30. The van der Waals surface area contributed by atoms with Crippen LogP contribution in [0.25, 0.3) is 0 Å². The molecule has 0 aliphatic rings. The lowest BCUT2D eigenvalue weighted by atomic mass is 10.0. The fourth-order valence-electron chi connectivity index (χ4n) is 1.000. The zero-order chi connectivity index (χ0) is 11.7. The summed E-state index contributed by atoms with van der Waals surface area (Å²) in [5.74, 6) is -5.14. The van der Waals surface area contributed by atoms with E-state index in [9.17, 15) is 22.0 Å². The molecular weight excluding hydrogens is 219 g/mol. The smallest absolute Gasteiger partial charge is 0.382 e. The van der Waals surface area contributed by atoms with Gasteiger partial charge >= 0.3 is 12.1 Å². The molecule has 1 rings (SSSR count). The molecule has 0 unspecified atom stereocenters. The van der Waals surface area contributed by atoms with E-state index in [2.05, 4.69) is 0 Å². The first-order valence-electron chi connectivity index (χ1n) is 3.94. The van der Waals surface area contributed by atoms with Crippen molar-refractivity contribution in [1.29, 1.82) is 0 Å². The van der Waals surface area contributed by atoms with Crippen LogP contribution in [0, 0.1) is 0 Å². The molecule has 84 valence electrons. The van der Waals surface area contributed by atoms with Crippen molar-refractivity contribution in [3.8, 4) is 0 Å². The normalized spacial score (nSPS) is 15.1. The van der Waals surface area contributed by atoms with E-state index in [0.29, 0.717) is 0 Å². The predicted molar refractivity (Wildman–Crippen MR) is 42.4 cm³/mol. The second kappa shape index (κ2) is 3.77. The van der Waals surface area contributed by atoms with Gasteiger partial charge in [-0.15, -0.1) is 0 Å². The second-order valence-electron chi connectivity index (χ2n) is 2.93. The van der Waals surface area contributed by atoms with Crippen molar-refractivity contribution >= 4 is 0 Å². The highest BCUT2D eigenvalue weighted by Crippen LogP contribution is 2.44. The van der Waals surface area contributed by atoms with Gasteiger partial charge in [0.25, 0.3) is 0 Å². The van der Waals surface area contributed by atoms with Crippen LogP contribution in [0.15, 0.2) is 30.3 Å². The Morgan fingerprint density at radius 3 is 1.80 bits per heavy atom. The summed E-state index contributed by atoms with van der Waals surface area (Å²) in [5.41, 5.74) is -0.472. The summed E-state index contributed by atoms with van der Waals surface area (Å²) in [4.78, 5) is 0. The van der Waals surface area contributed by atoms with E-state index in [1.165, 1.54) is 18.2 Å². The molecule has 1 aromatic rings. The first-order chi connectivity index (χ1) is 6.77. The van der Waals surface area contributed by atoms with Gasteiger partial charge in [0.05, 0.1) is 0 Å². The van der Waals surface area contributed by atoms with Crippen LogP contribution in [0.2, 0.25) is 0 Å². The summed E-state index contributed by atoms with van der Waals surface area (Å²) < 4.78 is 60.8. The molecular formula is C9H7F5O. The number of halogens is 5. The van der Waals surface area contributed by atoms with Gasteiger partial charge in [0.15, 0.2) is 6.10 Å². The summed E-state index contributed by atoms with van der Waals surface area (Å²) >= 11 is 0. The Bertz CT molecular complexity index is 319. The summed E-state index contributed by atoms with van der Waals surface area (Å²) in [6.07, 6.45) is -8.64. The van der Waals surface area contributed by atoms with Gasteiger partial charge in [0.1, 0.15) is 0 Å². The molecule has 0 bridgehead atoms. The number of hydrogen-bond donors (Lipinski definition) is 1. The molecule has 0 aliphatic heterocycles. The number of alkyl halides is 5. The molecule has 0 saturated heterocycles. The molecule has 0 saturated carbocycles. The van der Waals surface area contributed by atoms with Gasteiger partial charge in [-0.3, -0.25) is 0 Å². The van der Waals surface area contributed by atoms with Gasteiger partial charge in [-0.2, -0.15) is 22.0 Å². The Morgan fingerprint density at radius 1 is 0.933 bits per heavy atom. The van der Waals surface area contributed by atoms with E-state index in [0.717, 1.165) is 12.1 Å². The van der Waals surface area contributed by atoms with Crippen molar-refractivity contribution in [1.82, 2.24) is 0 Å². The topological polar surface area (TPSA) is 20.2 Å². The van der Waals surface area contributed by atoms with Crippen LogP contribution in [0.3, 0.4) is 0 Å². The quantitative estimate of drug-likeness (QED) is 0.768. The Balaban J connectivity index is 3.00. The molecule has 1 aromatic carbocycles. The highest BCUT2D eigenvalue weighted by Gasteiger charge is 2.62. The second-order valence-corrected chi connectivity index (χ2v) is 2.93. The molecule has 15 heavy (non-hydrogen) atoms. The summed E-state index contributed by atoms with van der Waals surface area (Å²) in [6, 6.07) is 5.99. The third kappa shape index (κ3) is 2.26. The number of aliphatic hydroxyl groups is 1. The third-order valence-corrected chi connectivity index (χ3v) is 1.84. The first kappa shape index (κ1) is 11.9. The molecule has 6 heteroatoms. The largest absolute Gasteiger partial charge is 0.456 e. The third-order valence-electron chi connectivity index (χ3n) is 1.84. The molecule has 1 nitrogen and oxygen atoms in total. The van der Waals surface area contributed by atoms with Gasteiger partial charge in [0.2, 0.25) is 0 Å². The van der Waals surface area contributed by atoms with Crippen LogP contribution >= 0.6 is 0 Å². The van der Waals surface area contributed by atoms with Crippen molar-refractivity contribution in [2.24, 2.45) is 0 Å². The Labute approximate surface area is 82.1 Å². The molecule has 0 aromatic heterocycles. The van der Waals surface area contributed by atoms with E-state index < -0.39 is 23.8 Å². The van der Waals surface area contributed by atoms with Crippen LogP contribution in [0.4, 0.5) is 22.0 Å². The average molecular weight is 226 g/mol. The number of hydrogen-bond acceptors (Lipinski definition) is 1. The number of aliphatic hydroxyl groups excluding tert-OH is 1. The molecule has 1 N–H and O–H groups in total. The van der Waals surface area contributed by atoms with Crippen LogP contribution in [-0.4, -0.2) is 17.2 Å². The van der Waals surface area contributed by atoms with Crippen LogP contribution in [-0.2, 0) is 0 Å². The first-order valence-corrected chi connectivity index (χ1v) is 3.94. The minimum absolute atomic E-state index is 0.472. The highest BCUT2D eigenvalue weighted by molar-refractivity contribution is 5.19. The Kier molecular flexibility index (Phi) is 2.99. The fraction of sp³-hybridized carbons (Fsp3) is 0.333. The Hall–Kier alpha value is -1.17. The lowest BCUT2D eigenvalue weighted by molar-refractivity contribution is -0.315. The van der Waals surface area contributed by atoms with E-state index in [1.807, 2.05) is 0 Å². The van der Waals surface area contributed by atoms with Crippen molar-refractivity contribution in [3.63, 3.8) is 0 Å². The highest BCUT2D eigenvalue weighted by atomic mass is 19.4. The molecule has 0 amide bonds. The van der Waals surface area contributed by atoms with Crippen molar-refractivity contribution in [2.45, 2.75) is 18.2 Å². The van der Waals surface area contributed by atoms with Gasteiger partial charge in [0, 0.05) is 0 Å². The minimum atomic E-state index is -5.76. The summed E-state index contributed by atoms with van der Waals surface area (Å²) in [6.45, 7) is 0. The van der Waals surface area contributed by atoms with E-state index in [1.54, 1.807) is 0 Å². The van der Waals surface area contributed by atoms with Crippen molar-refractivity contribution < 1.29 is 27.1 Å². The lowest BCUT2D eigenvalue weighted by Gasteiger charge is -2.24. The molecule has 0 radical (unpaired) electrons. The maximum absolute atomic E-state index is 12.6. The van der Waals surface area contributed by atoms with Gasteiger partial charge in [-0.25, -0.2) is 0 Å². The Morgan fingerprint density at radius 2 is 1.40 bits per heavy atom. The van der Waals surface area contributed by atoms with E-state index in [-0.39, 0.29) is 0 Å².